The highest BCUT2D eigenvalue weighted by molar-refractivity contribution is 5.26. The molecule has 1 fully saturated rings. The van der Waals surface area contributed by atoms with Crippen molar-refractivity contribution in [3.05, 3.63) is 59.9 Å². The van der Waals surface area contributed by atoms with E-state index >= 15 is 0 Å². The van der Waals surface area contributed by atoms with Gasteiger partial charge in [0.05, 0.1) is 19.3 Å². The maximum Gasteiger partial charge on any atom is 0.115 e. The van der Waals surface area contributed by atoms with Crippen LogP contribution in [-0.2, 0) is 9.47 Å². The quantitative estimate of drug-likeness (QED) is 0.773. The van der Waals surface area contributed by atoms with E-state index in [0.717, 1.165) is 12.2 Å². The Bertz CT molecular complexity index is 447. The van der Waals surface area contributed by atoms with E-state index in [1.807, 2.05) is 12.1 Å². The van der Waals surface area contributed by atoms with Gasteiger partial charge in [-0.05, 0) is 24.1 Å². The van der Waals surface area contributed by atoms with Gasteiger partial charge in [0, 0.05) is 5.92 Å². The second-order valence-electron chi connectivity index (χ2n) is 4.53. The van der Waals surface area contributed by atoms with E-state index in [4.69, 9.17) is 9.47 Å². The molecule has 17 heavy (non-hydrogen) atoms. The molecule has 88 valence electrons. The summed E-state index contributed by atoms with van der Waals surface area (Å²) in [6.45, 7) is 0. The first-order chi connectivity index (χ1) is 8.36. The maximum absolute atomic E-state index is 6.06. The zero-order valence-corrected chi connectivity index (χ0v) is 9.87. The lowest BCUT2D eigenvalue weighted by molar-refractivity contribution is 0.0647. The molecule has 3 atom stereocenters. The summed E-state index contributed by atoms with van der Waals surface area (Å²) in [5.74, 6) is 1.39. The molecule has 0 spiro atoms. The first-order valence-electron chi connectivity index (χ1n) is 6.01. The van der Waals surface area contributed by atoms with E-state index in [0.29, 0.717) is 5.92 Å². The molecular formula is C15H16O2. The second kappa shape index (κ2) is 4.38. The van der Waals surface area contributed by atoms with E-state index in [2.05, 4.69) is 36.4 Å². The van der Waals surface area contributed by atoms with Gasteiger partial charge in [0.25, 0.3) is 0 Å². The van der Waals surface area contributed by atoms with Crippen LogP contribution in [0.2, 0.25) is 0 Å². The third-order valence-electron chi connectivity index (χ3n) is 3.47. The molecule has 1 saturated heterocycles. The van der Waals surface area contributed by atoms with E-state index in [9.17, 15) is 0 Å². The molecule has 0 bridgehead atoms. The molecule has 2 heteroatoms. The molecule has 0 radical (unpaired) electrons. The minimum Gasteiger partial charge on any atom is -0.497 e. The van der Waals surface area contributed by atoms with E-state index in [1.165, 1.54) is 5.56 Å². The summed E-state index contributed by atoms with van der Waals surface area (Å²) in [6, 6.07) is 10.4. The number of benzene rings is 1. The summed E-state index contributed by atoms with van der Waals surface area (Å²) in [5, 5.41) is 0. The Labute approximate surface area is 102 Å². The summed E-state index contributed by atoms with van der Waals surface area (Å²) in [5.41, 5.74) is 1.27. The Morgan fingerprint density at radius 3 is 2.82 bits per heavy atom. The van der Waals surface area contributed by atoms with Crippen LogP contribution in [0.5, 0.6) is 0 Å². The minimum atomic E-state index is 0.208. The predicted octanol–water partition coefficient (Wildman–Crippen LogP) is 3.23. The Balaban J connectivity index is 1.79. The number of hydrogen-bond donors (Lipinski definition) is 0. The fourth-order valence-electron chi connectivity index (χ4n) is 2.55. The Hall–Kier alpha value is -1.54. The van der Waals surface area contributed by atoms with Crippen molar-refractivity contribution >= 4 is 0 Å². The fourth-order valence-corrected chi connectivity index (χ4v) is 2.55. The molecule has 0 aromatic heterocycles. The van der Waals surface area contributed by atoms with Crippen molar-refractivity contribution in [3.63, 3.8) is 0 Å². The lowest BCUT2D eigenvalue weighted by Crippen LogP contribution is -2.14. The predicted molar refractivity (Wildman–Crippen MR) is 66.4 cm³/mol. The van der Waals surface area contributed by atoms with E-state index < -0.39 is 0 Å². The van der Waals surface area contributed by atoms with Gasteiger partial charge in [-0.3, -0.25) is 0 Å². The van der Waals surface area contributed by atoms with Gasteiger partial charge in [-0.15, -0.1) is 0 Å². The van der Waals surface area contributed by atoms with Gasteiger partial charge in [-0.2, -0.15) is 0 Å². The topological polar surface area (TPSA) is 18.5 Å². The molecule has 1 heterocycles. The highest BCUT2D eigenvalue weighted by Crippen LogP contribution is 2.40. The van der Waals surface area contributed by atoms with Crippen molar-refractivity contribution < 1.29 is 9.47 Å². The van der Waals surface area contributed by atoms with Crippen molar-refractivity contribution in [1.82, 2.24) is 0 Å². The molecule has 1 aromatic rings. The molecule has 0 N–H and O–H groups in total. The molecule has 2 aliphatic rings. The fraction of sp³-hybridized carbons (Fsp3) is 0.333. The van der Waals surface area contributed by atoms with Gasteiger partial charge in [0.2, 0.25) is 0 Å². The highest BCUT2D eigenvalue weighted by atomic mass is 16.5. The van der Waals surface area contributed by atoms with Crippen LogP contribution in [0.25, 0.3) is 0 Å². The van der Waals surface area contributed by atoms with E-state index in [1.54, 1.807) is 7.11 Å². The Kier molecular flexibility index (Phi) is 2.73. The third-order valence-corrected chi connectivity index (χ3v) is 3.47. The van der Waals surface area contributed by atoms with Crippen molar-refractivity contribution in [3.8, 4) is 0 Å². The average Bonchev–Trinajstić information content (AvgIpc) is 2.82. The van der Waals surface area contributed by atoms with Crippen LogP contribution in [0.15, 0.2) is 54.3 Å². The van der Waals surface area contributed by atoms with Crippen molar-refractivity contribution in [1.29, 1.82) is 0 Å². The molecular weight excluding hydrogens is 212 g/mol. The Morgan fingerprint density at radius 1 is 1.24 bits per heavy atom. The van der Waals surface area contributed by atoms with Crippen LogP contribution in [-0.4, -0.2) is 13.2 Å². The molecule has 1 aliphatic carbocycles. The average molecular weight is 228 g/mol. The second-order valence-corrected chi connectivity index (χ2v) is 4.53. The summed E-state index contributed by atoms with van der Waals surface area (Å²) < 4.78 is 11.3. The number of hydrogen-bond acceptors (Lipinski definition) is 2. The van der Waals surface area contributed by atoms with Crippen molar-refractivity contribution in [2.75, 3.05) is 7.11 Å². The SMILES string of the molecule is COC1=CC2CC(c3ccccc3)OC2C=C1. The van der Waals surface area contributed by atoms with Crippen LogP contribution in [0.4, 0.5) is 0 Å². The van der Waals surface area contributed by atoms with Crippen molar-refractivity contribution in [2.45, 2.75) is 18.6 Å². The van der Waals surface area contributed by atoms with Gasteiger partial charge in [-0.1, -0.05) is 36.4 Å². The molecule has 1 aliphatic heterocycles. The lowest BCUT2D eigenvalue weighted by atomic mass is 9.93. The zero-order valence-electron chi connectivity index (χ0n) is 9.87. The lowest BCUT2D eigenvalue weighted by Gasteiger charge is -2.16. The molecule has 2 nitrogen and oxygen atoms in total. The summed E-state index contributed by atoms with van der Waals surface area (Å²) in [4.78, 5) is 0. The molecule has 3 rings (SSSR count). The van der Waals surface area contributed by atoms with Gasteiger partial charge >= 0.3 is 0 Å². The first-order valence-corrected chi connectivity index (χ1v) is 6.01. The largest absolute Gasteiger partial charge is 0.497 e. The minimum absolute atomic E-state index is 0.208. The Morgan fingerprint density at radius 2 is 2.06 bits per heavy atom. The highest BCUT2D eigenvalue weighted by Gasteiger charge is 2.34. The van der Waals surface area contributed by atoms with Crippen LogP contribution in [0, 0.1) is 5.92 Å². The number of fused-ring (bicyclic) bond motifs is 1. The normalized spacial score (nSPS) is 30.9. The number of methoxy groups -OCH3 is 1. The van der Waals surface area contributed by atoms with Gasteiger partial charge in [0.1, 0.15) is 5.76 Å². The number of ether oxygens (including phenoxy) is 2. The summed E-state index contributed by atoms with van der Waals surface area (Å²) >= 11 is 0. The molecule has 1 aromatic carbocycles. The standard InChI is InChI=1S/C15H16O2/c1-16-13-7-8-14-12(9-13)10-15(17-14)11-5-3-2-4-6-11/h2-9,12,14-15H,10H2,1H3. The monoisotopic (exact) mass is 228 g/mol. The van der Waals surface area contributed by atoms with Crippen molar-refractivity contribution in [2.24, 2.45) is 5.92 Å². The van der Waals surface area contributed by atoms with Gasteiger partial charge in [0.15, 0.2) is 0 Å². The third kappa shape index (κ3) is 2.01. The van der Waals surface area contributed by atoms with Crippen LogP contribution in [0.1, 0.15) is 18.1 Å². The molecule has 3 unspecified atom stereocenters. The van der Waals surface area contributed by atoms with E-state index in [-0.39, 0.29) is 12.2 Å². The van der Waals surface area contributed by atoms with Crippen LogP contribution < -0.4 is 0 Å². The molecule has 0 saturated carbocycles. The number of allylic oxidation sites excluding steroid dienone is 1. The number of rotatable bonds is 2. The first kappa shape index (κ1) is 10.6. The maximum atomic E-state index is 6.06. The summed E-state index contributed by atoms with van der Waals surface area (Å²) in [7, 11) is 1.71. The van der Waals surface area contributed by atoms with Gasteiger partial charge < -0.3 is 9.47 Å². The van der Waals surface area contributed by atoms with Gasteiger partial charge in [-0.25, -0.2) is 0 Å². The zero-order chi connectivity index (χ0) is 11.7. The van der Waals surface area contributed by atoms with Crippen LogP contribution in [0.3, 0.4) is 0 Å². The van der Waals surface area contributed by atoms with Crippen LogP contribution >= 0.6 is 0 Å². The molecule has 0 amide bonds. The smallest absolute Gasteiger partial charge is 0.115 e. The summed E-state index contributed by atoms with van der Waals surface area (Å²) in [6.07, 6.45) is 7.72.